The van der Waals surface area contributed by atoms with Crippen molar-refractivity contribution in [1.82, 2.24) is 0 Å². The van der Waals surface area contributed by atoms with Crippen LogP contribution in [0.15, 0.2) is 47.4 Å². The molecular weight excluding hydrogens is 451 g/mol. The summed E-state index contributed by atoms with van der Waals surface area (Å²) in [6.07, 6.45) is -10.2. The van der Waals surface area contributed by atoms with Crippen molar-refractivity contribution in [2.24, 2.45) is 5.73 Å². The first-order chi connectivity index (χ1) is 14.2. The molecule has 2 aromatic carbocycles. The fourth-order valence-corrected chi connectivity index (χ4v) is 6.16. The van der Waals surface area contributed by atoms with Gasteiger partial charge >= 0.3 is 12.4 Å². The molecule has 0 bridgehead atoms. The fraction of sp³-hybridized carbons (Fsp3) is 0.400. The molecule has 1 fully saturated rings. The summed E-state index contributed by atoms with van der Waals surface area (Å²) in [7, 11) is -4.65. The molecule has 170 valence electrons. The summed E-state index contributed by atoms with van der Waals surface area (Å²) in [4.78, 5) is -0.576. The lowest BCUT2D eigenvalue weighted by molar-refractivity contribution is -0.139. The van der Waals surface area contributed by atoms with Crippen molar-refractivity contribution in [2.75, 3.05) is 0 Å². The fourth-order valence-electron chi connectivity index (χ4n) is 3.98. The molecule has 0 unspecified atom stereocenters. The summed E-state index contributed by atoms with van der Waals surface area (Å²) in [6.45, 7) is 0. The van der Waals surface area contributed by atoms with Crippen LogP contribution in [-0.4, -0.2) is 14.5 Å². The molecule has 31 heavy (non-hydrogen) atoms. The van der Waals surface area contributed by atoms with Crippen LogP contribution in [0, 0.1) is 5.82 Å². The van der Waals surface area contributed by atoms with E-state index in [4.69, 9.17) is 5.73 Å². The molecule has 1 aliphatic rings. The second-order valence-electron chi connectivity index (χ2n) is 7.54. The maximum absolute atomic E-state index is 14.0. The van der Waals surface area contributed by atoms with Gasteiger partial charge in [0.1, 0.15) is 10.6 Å². The van der Waals surface area contributed by atoms with Crippen LogP contribution in [-0.2, 0) is 26.9 Å². The number of alkyl halides is 6. The van der Waals surface area contributed by atoms with Crippen LogP contribution in [0.25, 0.3) is 0 Å². The van der Waals surface area contributed by atoms with Gasteiger partial charge < -0.3 is 5.73 Å². The summed E-state index contributed by atoms with van der Waals surface area (Å²) in [5.74, 6) is -1.06. The molecule has 0 spiro atoms. The predicted molar refractivity (Wildman–Crippen MR) is 98.2 cm³/mol. The van der Waals surface area contributed by atoms with Crippen molar-refractivity contribution >= 4 is 9.84 Å². The van der Waals surface area contributed by atoms with Gasteiger partial charge in [-0.05, 0) is 73.7 Å². The average molecular weight is 469 g/mol. The van der Waals surface area contributed by atoms with Gasteiger partial charge in [0.2, 0.25) is 0 Å². The Morgan fingerprint density at radius 2 is 1.42 bits per heavy atom. The Bertz CT molecular complexity index is 1050. The van der Waals surface area contributed by atoms with Crippen LogP contribution < -0.4 is 5.73 Å². The van der Waals surface area contributed by atoms with E-state index in [9.17, 15) is 39.2 Å². The third-order valence-corrected chi connectivity index (χ3v) is 8.17. The highest BCUT2D eigenvalue weighted by Crippen LogP contribution is 2.50. The third-order valence-electron chi connectivity index (χ3n) is 5.62. The molecule has 1 aliphatic carbocycles. The summed E-state index contributed by atoms with van der Waals surface area (Å²) in [6, 6.07) is 3.65. The van der Waals surface area contributed by atoms with Gasteiger partial charge in [-0.2, -0.15) is 26.3 Å². The van der Waals surface area contributed by atoms with Crippen LogP contribution in [0.4, 0.5) is 30.7 Å². The van der Waals surface area contributed by atoms with Crippen molar-refractivity contribution in [2.45, 2.75) is 53.7 Å². The van der Waals surface area contributed by atoms with E-state index in [2.05, 4.69) is 0 Å². The van der Waals surface area contributed by atoms with Crippen molar-refractivity contribution in [3.8, 4) is 0 Å². The highest BCUT2D eigenvalue weighted by Gasteiger charge is 2.52. The zero-order valence-electron chi connectivity index (χ0n) is 15.9. The lowest BCUT2D eigenvalue weighted by Crippen LogP contribution is -2.44. The molecule has 1 saturated carbocycles. The minimum Gasteiger partial charge on any atom is -0.328 e. The zero-order valence-corrected chi connectivity index (χ0v) is 16.7. The maximum Gasteiger partial charge on any atom is 0.416 e. The van der Waals surface area contributed by atoms with E-state index < -0.39 is 60.4 Å². The van der Waals surface area contributed by atoms with E-state index in [1.165, 1.54) is 0 Å². The van der Waals surface area contributed by atoms with Crippen LogP contribution >= 0.6 is 0 Å². The molecule has 0 saturated heterocycles. The highest BCUT2D eigenvalue weighted by atomic mass is 32.2. The van der Waals surface area contributed by atoms with Gasteiger partial charge in [0.05, 0.1) is 16.0 Å². The summed E-state index contributed by atoms with van der Waals surface area (Å²) >= 11 is 0. The first-order valence-corrected chi connectivity index (χ1v) is 10.7. The Balaban J connectivity index is 2.24. The van der Waals surface area contributed by atoms with Crippen molar-refractivity contribution in [3.05, 3.63) is 65.0 Å². The van der Waals surface area contributed by atoms with E-state index in [0.717, 1.165) is 0 Å². The lowest BCUT2D eigenvalue weighted by Gasteiger charge is -2.40. The molecule has 2 aromatic rings. The Labute approximate surface area is 174 Å². The predicted octanol–water partition coefficient (Wildman–Crippen LogP) is 5.43. The smallest absolute Gasteiger partial charge is 0.328 e. The van der Waals surface area contributed by atoms with Gasteiger partial charge in [-0.1, -0.05) is 0 Å². The number of sulfone groups is 1. The standard InChI is InChI=1S/C20H18F7NO2S/c21-13-3-6-16(20(25,26)27)17(11-13)18(9-7-14(28)8-10-18)31(29,30)15-4-1-12(2-5-15)19(22,23)24/h1-6,11,14H,7-10,28H2. The summed E-state index contributed by atoms with van der Waals surface area (Å²) in [5, 5.41) is 0. The Morgan fingerprint density at radius 3 is 1.90 bits per heavy atom. The molecule has 0 amide bonds. The van der Waals surface area contributed by atoms with Gasteiger partial charge in [0.15, 0.2) is 9.84 Å². The minimum atomic E-state index is -4.97. The average Bonchev–Trinajstić information content (AvgIpc) is 2.67. The van der Waals surface area contributed by atoms with Gasteiger partial charge in [0.25, 0.3) is 0 Å². The summed E-state index contributed by atoms with van der Waals surface area (Å²) in [5.41, 5.74) is 2.65. The van der Waals surface area contributed by atoms with E-state index in [-0.39, 0.29) is 25.7 Å². The second kappa shape index (κ2) is 7.77. The first-order valence-electron chi connectivity index (χ1n) is 9.23. The Kier molecular flexibility index (Phi) is 5.90. The Hall–Kier alpha value is -2.14. The molecule has 0 heterocycles. The highest BCUT2D eigenvalue weighted by molar-refractivity contribution is 7.92. The van der Waals surface area contributed by atoms with Gasteiger partial charge in [-0.25, -0.2) is 12.8 Å². The van der Waals surface area contributed by atoms with E-state index in [0.29, 0.717) is 42.5 Å². The van der Waals surface area contributed by atoms with Crippen molar-refractivity contribution < 1.29 is 39.2 Å². The van der Waals surface area contributed by atoms with Crippen LogP contribution in [0.2, 0.25) is 0 Å². The molecular formula is C20H18F7NO2S. The molecule has 0 radical (unpaired) electrons. The van der Waals surface area contributed by atoms with Crippen molar-refractivity contribution in [1.29, 1.82) is 0 Å². The van der Waals surface area contributed by atoms with Crippen LogP contribution in [0.3, 0.4) is 0 Å². The third kappa shape index (κ3) is 4.30. The SMILES string of the molecule is NC1CCC(c2cc(F)ccc2C(F)(F)F)(S(=O)(=O)c2ccc(C(F)(F)F)cc2)CC1. The van der Waals surface area contributed by atoms with Gasteiger partial charge in [0, 0.05) is 6.04 Å². The monoisotopic (exact) mass is 469 g/mol. The lowest BCUT2D eigenvalue weighted by atomic mass is 9.79. The van der Waals surface area contributed by atoms with E-state index >= 15 is 0 Å². The number of nitrogens with two attached hydrogens (primary N) is 1. The van der Waals surface area contributed by atoms with Crippen molar-refractivity contribution in [3.63, 3.8) is 0 Å². The normalized spacial score (nSPS) is 23.0. The topological polar surface area (TPSA) is 60.2 Å². The molecule has 3 nitrogen and oxygen atoms in total. The van der Waals surface area contributed by atoms with Crippen LogP contribution in [0.1, 0.15) is 42.4 Å². The number of rotatable bonds is 3. The van der Waals surface area contributed by atoms with Gasteiger partial charge in [-0.15, -0.1) is 0 Å². The first kappa shape index (κ1) is 23.5. The molecule has 3 rings (SSSR count). The van der Waals surface area contributed by atoms with Crippen LogP contribution in [0.5, 0.6) is 0 Å². The van der Waals surface area contributed by atoms with E-state index in [1.807, 2.05) is 0 Å². The van der Waals surface area contributed by atoms with Gasteiger partial charge in [-0.3, -0.25) is 0 Å². The molecule has 0 aliphatic heterocycles. The molecule has 11 heteroatoms. The number of halogens is 7. The number of hydrogen-bond donors (Lipinski definition) is 1. The number of hydrogen-bond acceptors (Lipinski definition) is 3. The molecule has 0 aromatic heterocycles. The maximum atomic E-state index is 14.0. The number of benzene rings is 2. The quantitative estimate of drug-likeness (QED) is 0.610. The minimum absolute atomic E-state index is 0.0493. The summed E-state index contributed by atoms with van der Waals surface area (Å²) < 4.78 is 119. The van der Waals surface area contributed by atoms with E-state index in [1.54, 1.807) is 0 Å². The largest absolute Gasteiger partial charge is 0.416 e. The Morgan fingerprint density at radius 1 is 0.871 bits per heavy atom. The zero-order chi connectivity index (χ0) is 23.2. The second-order valence-corrected chi connectivity index (χ2v) is 9.80. The molecule has 0 atom stereocenters. The molecule has 2 N–H and O–H groups in total.